The lowest BCUT2D eigenvalue weighted by molar-refractivity contribution is -0.116. The minimum absolute atomic E-state index is 0.0800. The van der Waals surface area contributed by atoms with Crippen LogP contribution in [0.15, 0.2) is 57.8 Å². The molecule has 3 amide bonds. The van der Waals surface area contributed by atoms with E-state index < -0.39 is 24.3 Å². The lowest BCUT2D eigenvalue weighted by Crippen LogP contribution is -2.37. The van der Waals surface area contributed by atoms with E-state index in [9.17, 15) is 14.4 Å². The Morgan fingerprint density at radius 3 is 2.29 bits per heavy atom. The highest BCUT2D eigenvalue weighted by atomic mass is 32.2. The van der Waals surface area contributed by atoms with Crippen LogP contribution in [0, 0.1) is 0 Å². The zero-order chi connectivity index (χ0) is 22.0. The third-order valence-corrected chi connectivity index (χ3v) is 5.56. The first-order valence-electron chi connectivity index (χ1n) is 9.74. The second-order valence-electron chi connectivity index (χ2n) is 7.28. The van der Waals surface area contributed by atoms with Crippen molar-refractivity contribution in [2.24, 2.45) is 0 Å². The summed E-state index contributed by atoms with van der Waals surface area (Å²) in [4.78, 5) is 39.1. The normalized spacial score (nSPS) is 13.1. The highest BCUT2D eigenvalue weighted by Gasteiger charge is 2.36. The Kier molecular flexibility index (Phi) is 5.85. The number of amides is 3. The van der Waals surface area contributed by atoms with E-state index in [-0.39, 0.29) is 17.1 Å². The Morgan fingerprint density at radius 1 is 1.03 bits per heavy atom. The number of aromatic nitrogens is 2. The number of anilines is 1. The second kappa shape index (κ2) is 8.73. The van der Waals surface area contributed by atoms with Gasteiger partial charge in [-0.3, -0.25) is 24.6 Å². The van der Waals surface area contributed by atoms with Gasteiger partial charge in [0.25, 0.3) is 11.8 Å². The van der Waals surface area contributed by atoms with Gasteiger partial charge < -0.3 is 4.42 Å². The maximum Gasteiger partial charge on any atom is 0.322 e. The van der Waals surface area contributed by atoms with Crippen molar-refractivity contribution in [1.82, 2.24) is 15.1 Å². The van der Waals surface area contributed by atoms with Gasteiger partial charge in [0.1, 0.15) is 6.54 Å². The molecule has 9 heteroatoms. The van der Waals surface area contributed by atoms with Gasteiger partial charge in [-0.25, -0.2) is 0 Å². The van der Waals surface area contributed by atoms with Gasteiger partial charge in [-0.15, -0.1) is 16.9 Å². The highest BCUT2D eigenvalue weighted by Crippen LogP contribution is 2.24. The van der Waals surface area contributed by atoms with E-state index in [0.29, 0.717) is 17.6 Å². The standard InChI is InChI=1S/C22H20N4O4S/c1-13(2)31-15-9-7-14(8-10-15)11-19-24-25-22(30-19)23-18(27)12-26-20(28)16-5-3-4-6-17(16)21(26)29/h3-10,13H,11-12H2,1-2H3,(H,23,25,27). The Balaban J connectivity index is 1.34. The summed E-state index contributed by atoms with van der Waals surface area (Å²) in [6.07, 6.45) is 0.425. The highest BCUT2D eigenvalue weighted by molar-refractivity contribution is 7.99. The molecule has 1 aliphatic heterocycles. The Bertz CT molecular complexity index is 1110. The van der Waals surface area contributed by atoms with E-state index in [4.69, 9.17) is 4.42 Å². The zero-order valence-electron chi connectivity index (χ0n) is 17.0. The van der Waals surface area contributed by atoms with Gasteiger partial charge in [-0.05, 0) is 29.8 Å². The minimum Gasteiger partial charge on any atom is -0.407 e. The molecule has 1 aliphatic rings. The molecule has 0 fully saturated rings. The number of carbonyl (C=O) groups excluding carboxylic acids is 3. The number of hydrogen-bond donors (Lipinski definition) is 1. The molecule has 0 saturated carbocycles. The molecule has 4 rings (SSSR count). The van der Waals surface area contributed by atoms with E-state index in [0.717, 1.165) is 10.5 Å². The molecule has 0 saturated heterocycles. The van der Waals surface area contributed by atoms with Gasteiger partial charge >= 0.3 is 6.01 Å². The van der Waals surface area contributed by atoms with Crippen LogP contribution in [0.25, 0.3) is 0 Å². The number of benzene rings is 2. The van der Waals surface area contributed by atoms with Crippen LogP contribution in [0.4, 0.5) is 6.01 Å². The van der Waals surface area contributed by atoms with Gasteiger partial charge in [0.15, 0.2) is 0 Å². The molecule has 3 aromatic rings. The van der Waals surface area contributed by atoms with Crippen LogP contribution in [-0.4, -0.2) is 44.6 Å². The van der Waals surface area contributed by atoms with Crippen LogP contribution in [0.1, 0.15) is 46.0 Å². The summed E-state index contributed by atoms with van der Waals surface area (Å²) in [5.74, 6) is -1.25. The summed E-state index contributed by atoms with van der Waals surface area (Å²) < 4.78 is 5.49. The summed E-state index contributed by atoms with van der Waals surface area (Å²) in [6.45, 7) is 3.85. The van der Waals surface area contributed by atoms with Crippen LogP contribution in [-0.2, 0) is 11.2 Å². The maximum atomic E-state index is 12.4. The van der Waals surface area contributed by atoms with Crippen molar-refractivity contribution in [3.63, 3.8) is 0 Å². The van der Waals surface area contributed by atoms with Crippen molar-refractivity contribution in [2.45, 2.75) is 30.4 Å². The Morgan fingerprint density at radius 2 is 1.68 bits per heavy atom. The molecule has 2 aromatic carbocycles. The molecular formula is C22H20N4O4S. The summed E-state index contributed by atoms with van der Waals surface area (Å²) >= 11 is 1.78. The molecule has 0 radical (unpaired) electrons. The molecule has 0 aliphatic carbocycles. The van der Waals surface area contributed by atoms with Gasteiger partial charge in [0.2, 0.25) is 11.8 Å². The molecule has 0 spiro atoms. The maximum absolute atomic E-state index is 12.4. The van der Waals surface area contributed by atoms with E-state index in [1.54, 1.807) is 36.0 Å². The quantitative estimate of drug-likeness (QED) is 0.447. The van der Waals surface area contributed by atoms with Crippen LogP contribution < -0.4 is 5.32 Å². The van der Waals surface area contributed by atoms with E-state index in [2.05, 4.69) is 29.4 Å². The third-order valence-electron chi connectivity index (χ3n) is 4.54. The molecule has 158 valence electrons. The number of rotatable bonds is 7. The number of fused-ring (bicyclic) bond motifs is 1. The lowest BCUT2D eigenvalue weighted by atomic mass is 10.1. The van der Waals surface area contributed by atoms with Crippen molar-refractivity contribution >= 4 is 35.5 Å². The lowest BCUT2D eigenvalue weighted by Gasteiger charge is -2.12. The van der Waals surface area contributed by atoms with Crippen molar-refractivity contribution < 1.29 is 18.8 Å². The zero-order valence-corrected chi connectivity index (χ0v) is 17.8. The first-order chi connectivity index (χ1) is 14.9. The molecule has 0 bridgehead atoms. The topological polar surface area (TPSA) is 105 Å². The first kappa shape index (κ1) is 20.8. The van der Waals surface area contributed by atoms with Crippen molar-refractivity contribution in [1.29, 1.82) is 0 Å². The number of carbonyl (C=O) groups is 3. The molecule has 2 heterocycles. The molecule has 0 unspecified atom stereocenters. The molecule has 31 heavy (non-hydrogen) atoms. The number of hydrogen-bond acceptors (Lipinski definition) is 7. The van der Waals surface area contributed by atoms with Gasteiger partial charge in [-0.1, -0.05) is 43.2 Å². The second-order valence-corrected chi connectivity index (χ2v) is 8.93. The number of imide groups is 1. The van der Waals surface area contributed by atoms with Crippen molar-refractivity contribution in [2.75, 3.05) is 11.9 Å². The molecular weight excluding hydrogens is 416 g/mol. The minimum atomic E-state index is -0.597. The average molecular weight is 436 g/mol. The summed E-state index contributed by atoms with van der Waals surface area (Å²) in [6, 6.07) is 14.5. The number of nitrogens with one attached hydrogen (secondary N) is 1. The molecule has 0 atom stereocenters. The average Bonchev–Trinajstić information content (AvgIpc) is 3.27. The number of thioether (sulfide) groups is 1. The summed E-state index contributed by atoms with van der Waals surface area (Å²) in [5.41, 5.74) is 1.58. The Labute approximate surface area is 183 Å². The van der Waals surface area contributed by atoms with Crippen molar-refractivity contribution in [3.8, 4) is 0 Å². The summed E-state index contributed by atoms with van der Waals surface area (Å²) in [7, 11) is 0. The van der Waals surface area contributed by atoms with Crippen LogP contribution in [0.3, 0.4) is 0 Å². The van der Waals surface area contributed by atoms with E-state index in [1.807, 2.05) is 24.3 Å². The predicted octanol–water partition coefficient (Wildman–Crippen LogP) is 3.40. The van der Waals surface area contributed by atoms with Gasteiger partial charge in [-0.2, -0.15) is 0 Å². The fourth-order valence-corrected chi connectivity index (χ4v) is 4.03. The summed E-state index contributed by atoms with van der Waals surface area (Å²) in [5, 5.41) is 10.7. The molecule has 8 nitrogen and oxygen atoms in total. The van der Waals surface area contributed by atoms with Crippen molar-refractivity contribution in [3.05, 3.63) is 71.1 Å². The van der Waals surface area contributed by atoms with Crippen LogP contribution >= 0.6 is 11.8 Å². The van der Waals surface area contributed by atoms with Crippen LogP contribution in [0.5, 0.6) is 0 Å². The SMILES string of the molecule is CC(C)Sc1ccc(Cc2nnc(NC(=O)CN3C(=O)c4ccccc4C3=O)o2)cc1. The van der Waals surface area contributed by atoms with Gasteiger partial charge in [0, 0.05) is 10.1 Å². The third kappa shape index (κ3) is 4.66. The first-order valence-corrected chi connectivity index (χ1v) is 10.6. The van der Waals surface area contributed by atoms with E-state index in [1.165, 1.54) is 4.90 Å². The Hall–Kier alpha value is -3.46. The monoisotopic (exact) mass is 436 g/mol. The molecule has 1 aromatic heterocycles. The van der Waals surface area contributed by atoms with Crippen LogP contribution in [0.2, 0.25) is 0 Å². The van der Waals surface area contributed by atoms with E-state index >= 15 is 0 Å². The smallest absolute Gasteiger partial charge is 0.322 e. The fraction of sp³-hybridized carbons (Fsp3) is 0.227. The predicted molar refractivity (Wildman–Crippen MR) is 115 cm³/mol. The van der Waals surface area contributed by atoms with Gasteiger partial charge in [0.05, 0.1) is 17.5 Å². The largest absolute Gasteiger partial charge is 0.407 e. The fourth-order valence-electron chi connectivity index (χ4n) is 3.19. The molecule has 1 N–H and O–H groups in total. The number of nitrogens with zero attached hydrogens (tertiary/aromatic N) is 3.